The third-order valence-electron chi connectivity index (χ3n) is 2.80. The van der Waals surface area contributed by atoms with Gasteiger partial charge in [-0.25, -0.2) is 0 Å². The molecule has 1 atom stereocenters. The summed E-state index contributed by atoms with van der Waals surface area (Å²) in [6, 6.07) is 7.95. The Balaban J connectivity index is 2.52. The van der Waals surface area contributed by atoms with E-state index in [9.17, 15) is 5.11 Å². The maximum absolute atomic E-state index is 10.3. The maximum Gasteiger partial charge on any atom is 0.0901 e. The minimum atomic E-state index is -0.853. The third-order valence-corrected chi connectivity index (χ3v) is 2.80. The number of aromatic nitrogens is 1. The average molecular weight is 204 g/mol. The molecule has 80 valence electrons. The quantitative estimate of drug-likeness (QED) is 0.713. The second kappa shape index (κ2) is 3.68. The molecule has 0 aliphatic heterocycles. The number of aromatic amines is 1. The number of rotatable bonds is 3. The lowest BCUT2D eigenvalue weighted by Crippen LogP contribution is -2.24. The highest BCUT2D eigenvalue weighted by atomic mass is 16.3. The molecule has 1 heterocycles. The van der Waals surface area contributed by atoms with Crippen LogP contribution in [0.25, 0.3) is 10.9 Å². The zero-order valence-electron chi connectivity index (χ0n) is 8.83. The van der Waals surface area contributed by atoms with Gasteiger partial charge in [-0.15, -0.1) is 0 Å². The second-order valence-electron chi connectivity index (χ2n) is 4.06. The van der Waals surface area contributed by atoms with Gasteiger partial charge in [-0.3, -0.25) is 0 Å². The SMILES string of the molecule is CC(O)(CCN)c1c[nH]c2ccccc12. The molecule has 0 radical (unpaired) electrons. The van der Waals surface area contributed by atoms with Crippen LogP contribution in [-0.2, 0) is 5.60 Å². The monoisotopic (exact) mass is 204 g/mol. The Labute approximate surface area is 88.9 Å². The summed E-state index contributed by atoms with van der Waals surface area (Å²) in [5, 5.41) is 11.3. The van der Waals surface area contributed by atoms with Crippen molar-refractivity contribution in [1.29, 1.82) is 0 Å². The Morgan fingerprint density at radius 3 is 2.87 bits per heavy atom. The first-order valence-electron chi connectivity index (χ1n) is 5.14. The molecule has 4 N–H and O–H groups in total. The molecule has 0 amide bonds. The number of H-pyrrole nitrogens is 1. The highest BCUT2D eigenvalue weighted by Crippen LogP contribution is 2.30. The molecule has 15 heavy (non-hydrogen) atoms. The van der Waals surface area contributed by atoms with Crippen molar-refractivity contribution in [2.45, 2.75) is 18.9 Å². The molecule has 2 aromatic rings. The summed E-state index contributed by atoms with van der Waals surface area (Å²) in [7, 11) is 0. The van der Waals surface area contributed by atoms with Crippen LogP contribution in [0.15, 0.2) is 30.5 Å². The molecule has 1 unspecified atom stereocenters. The van der Waals surface area contributed by atoms with Crippen LogP contribution in [0.3, 0.4) is 0 Å². The van der Waals surface area contributed by atoms with Crippen LogP contribution in [0.5, 0.6) is 0 Å². The van der Waals surface area contributed by atoms with Gasteiger partial charge in [0.2, 0.25) is 0 Å². The van der Waals surface area contributed by atoms with Gasteiger partial charge >= 0.3 is 0 Å². The molecule has 1 aromatic carbocycles. The number of fused-ring (bicyclic) bond motifs is 1. The molecule has 0 aliphatic carbocycles. The molecule has 1 aromatic heterocycles. The Morgan fingerprint density at radius 2 is 2.13 bits per heavy atom. The molecule has 0 bridgehead atoms. The highest BCUT2D eigenvalue weighted by Gasteiger charge is 2.24. The van der Waals surface area contributed by atoms with Crippen molar-refractivity contribution >= 4 is 10.9 Å². The van der Waals surface area contributed by atoms with Crippen molar-refractivity contribution in [3.8, 4) is 0 Å². The third kappa shape index (κ3) is 1.76. The van der Waals surface area contributed by atoms with Crippen LogP contribution in [0.2, 0.25) is 0 Å². The molecular formula is C12H16N2O. The highest BCUT2D eigenvalue weighted by molar-refractivity contribution is 5.83. The van der Waals surface area contributed by atoms with E-state index < -0.39 is 5.60 Å². The number of benzene rings is 1. The predicted octanol–water partition coefficient (Wildman–Crippen LogP) is 1.72. The summed E-state index contributed by atoms with van der Waals surface area (Å²) in [5.41, 5.74) is 6.61. The molecular weight excluding hydrogens is 188 g/mol. The van der Waals surface area contributed by atoms with E-state index in [0.29, 0.717) is 13.0 Å². The second-order valence-corrected chi connectivity index (χ2v) is 4.06. The van der Waals surface area contributed by atoms with Crippen LogP contribution < -0.4 is 5.73 Å². The summed E-state index contributed by atoms with van der Waals surface area (Å²) in [4.78, 5) is 3.15. The molecule has 0 aliphatic rings. The molecule has 0 spiro atoms. The number of para-hydroxylation sites is 1. The van der Waals surface area contributed by atoms with Gasteiger partial charge in [0.1, 0.15) is 0 Å². The van der Waals surface area contributed by atoms with Crippen molar-refractivity contribution < 1.29 is 5.11 Å². The summed E-state index contributed by atoms with van der Waals surface area (Å²) >= 11 is 0. The minimum absolute atomic E-state index is 0.479. The molecule has 3 heteroatoms. The Kier molecular flexibility index (Phi) is 2.50. The first kappa shape index (κ1) is 10.2. The zero-order valence-corrected chi connectivity index (χ0v) is 8.83. The lowest BCUT2D eigenvalue weighted by molar-refractivity contribution is 0.0520. The fourth-order valence-electron chi connectivity index (χ4n) is 1.93. The van der Waals surface area contributed by atoms with E-state index in [1.165, 1.54) is 0 Å². The van der Waals surface area contributed by atoms with Crippen LogP contribution in [0.4, 0.5) is 0 Å². The Morgan fingerprint density at radius 1 is 1.40 bits per heavy atom. The number of aliphatic hydroxyl groups is 1. The van der Waals surface area contributed by atoms with E-state index in [1.54, 1.807) is 6.92 Å². The summed E-state index contributed by atoms with van der Waals surface area (Å²) < 4.78 is 0. The number of nitrogens with one attached hydrogen (secondary N) is 1. The van der Waals surface area contributed by atoms with Gasteiger partial charge in [0.05, 0.1) is 5.60 Å². The molecule has 0 fully saturated rings. The average Bonchev–Trinajstić information content (AvgIpc) is 2.61. The van der Waals surface area contributed by atoms with Crippen LogP contribution >= 0.6 is 0 Å². The van der Waals surface area contributed by atoms with E-state index in [0.717, 1.165) is 16.5 Å². The van der Waals surface area contributed by atoms with Crippen molar-refractivity contribution in [3.05, 3.63) is 36.0 Å². The largest absolute Gasteiger partial charge is 0.385 e. The minimum Gasteiger partial charge on any atom is -0.385 e. The topological polar surface area (TPSA) is 62.0 Å². The number of hydrogen-bond acceptors (Lipinski definition) is 2. The van der Waals surface area contributed by atoms with E-state index in [1.807, 2.05) is 30.5 Å². The molecule has 0 saturated heterocycles. The lowest BCUT2D eigenvalue weighted by Gasteiger charge is -2.21. The summed E-state index contributed by atoms with van der Waals surface area (Å²) in [6.45, 7) is 2.28. The smallest absolute Gasteiger partial charge is 0.0901 e. The van der Waals surface area contributed by atoms with Gasteiger partial charge < -0.3 is 15.8 Å². The summed E-state index contributed by atoms with van der Waals surface area (Å²) in [6.07, 6.45) is 2.43. The standard InChI is InChI=1S/C12H16N2O/c1-12(15,6-7-13)10-8-14-11-5-3-2-4-9(10)11/h2-5,8,14-15H,6-7,13H2,1H3. The lowest BCUT2D eigenvalue weighted by atomic mass is 9.92. The Hall–Kier alpha value is -1.32. The number of nitrogens with two attached hydrogens (primary N) is 1. The fraction of sp³-hybridized carbons (Fsp3) is 0.333. The number of hydrogen-bond donors (Lipinski definition) is 3. The van der Waals surface area contributed by atoms with Gasteiger partial charge in [0.15, 0.2) is 0 Å². The van der Waals surface area contributed by atoms with Crippen LogP contribution in [0.1, 0.15) is 18.9 Å². The maximum atomic E-state index is 10.3. The normalized spacial score (nSPS) is 15.4. The summed E-state index contributed by atoms with van der Waals surface area (Å²) in [5.74, 6) is 0. The van der Waals surface area contributed by atoms with Gasteiger partial charge in [-0.2, -0.15) is 0 Å². The fourth-order valence-corrected chi connectivity index (χ4v) is 1.93. The van der Waals surface area contributed by atoms with Gasteiger partial charge in [0.25, 0.3) is 0 Å². The van der Waals surface area contributed by atoms with Crippen molar-refractivity contribution in [3.63, 3.8) is 0 Å². The van der Waals surface area contributed by atoms with Gasteiger partial charge in [-0.05, 0) is 26.0 Å². The molecule has 0 saturated carbocycles. The molecule has 2 rings (SSSR count). The van der Waals surface area contributed by atoms with Crippen molar-refractivity contribution in [2.24, 2.45) is 5.73 Å². The zero-order chi connectivity index (χ0) is 10.9. The van der Waals surface area contributed by atoms with Crippen molar-refractivity contribution in [1.82, 2.24) is 4.98 Å². The van der Waals surface area contributed by atoms with E-state index in [2.05, 4.69) is 4.98 Å². The Bertz CT molecular complexity index is 459. The first-order valence-corrected chi connectivity index (χ1v) is 5.14. The van der Waals surface area contributed by atoms with Gasteiger partial charge in [0, 0.05) is 22.7 Å². The van der Waals surface area contributed by atoms with E-state index in [-0.39, 0.29) is 0 Å². The van der Waals surface area contributed by atoms with E-state index >= 15 is 0 Å². The predicted molar refractivity (Wildman–Crippen MR) is 61.5 cm³/mol. The first-order chi connectivity index (χ1) is 7.15. The van der Waals surface area contributed by atoms with Crippen LogP contribution in [-0.4, -0.2) is 16.6 Å². The van der Waals surface area contributed by atoms with E-state index in [4.69, 9.17) is 5.73 Å². The molecule has 3 nitrogen and oxygen atoms in total. The van der Waals surface area contributed by atoms with Crippen LogP contribution in [0, 0.1) is 0 Å². The van der Waals surface area contributed by atoms with Gasteiger partial charge in [-0.1, -0.05) is 18.2 Å². The van der Waals surface area contributed by atoms with Crippen molar-refractivity contribution in [2.75, 3.05) is 6.54 Å².